The first-order valence-electron chi connectivity index (χ1n) is 3.43. The van der Waals surface area contributed by atoms with Gasteiger partial charge in [0, 0.05) is 6.54 Å². The van der Waals surface area contributed by atoms with E-state index in [0.717, 1.165) is 19.5 Å². The minimum atomic E-state index is 0.191. The average molecular weight is 127 g/mol. The second-order valence-electron chi connectivity index (χ2n) is 2.33. The SMILES string of the molecule is OC/C=C1\CCCNC1. The molecule has 1 saturated heterocycles. The molecule has 2 N–H and O–H groups in total. The fourth-order valence-corrected chi connectivity index (χ4v) is 1.08. The molecule has 0 amide bonds. The molecule has 0 bridgehead atoms. The van der Waals surface area contributed by atoms with Crippen LogP contribution in [0.3, 0.4) is 0 Å². The van der Waals surface area contributed by atoms with Crippen molar-refractivity contribution in [3.63, 3.8) is 0 Å². The Morgan fingerprint density at radius 3 is 3.11 bits per heavy atom. The van der Waals surface area contributed by atoms with E-state index in [1.807, 2.05) is 6.08 Å². The molecule has 1 aliphatic heterocycles. The van der Waals surface area contributed by atoms with Gasteiger partial charge < -0.3 is 10.4 Å². The van der Waals surface area contributed by atoms with E-state index >= 15 is 0 Å². The van der Waals surface area contributed by atoms with Gasteiger partial charge in [-0.2, -0.15) is 0 Å². The minimum absolute atomic E-state index is 0.191. The van der Waals surface area contributed by atoms with E-state index in [-0.39, 0.29) is 6.61 Å². The first-order valence-corrected chi connectivity index (χ1v) is 3.43. The van der Waals surface area contributed by atoms with Crippen LogP contribution in [0.1, 0.15) is 12.8 Å². The Morgan fingerprint density at radius 1 is 1.67 bits per heavy atom. The molecule has 9 heavy (non-hydrogen) atoms. The predicted molar refractivity (Wildman–Crippen MR) is 37.3 cm³/mol. The van der Waals surface area contributed by atoms with Gasteiger partial charge in [-0.1, -0.05) is 11.6 Å². The Morgan fingerprint density at radius 2 is 2.56 bits per heavy atom. The van der Waals surface area contributed by atoms with E-state index in [1.54, 1.807) is 0 Å². The van der Waals surface area contributed by atoms with Crippen molar-refractivity contribution in [1.29, 1.82) is 0 Å². The Balaban J connectivity index is 2.30. The van der Waals surface area contributed by atoms with Gasteiger partial charge in [-0.25, -0.2) is 0 Å². The third-order valence-corrected chi connectivity index (χ3v) is 1.58. The van der Waals surface area contributed by atoms with Crippen LogP contribution in [0.25, 0.3) is 0 Å². The van der Waals surface area contributed by atoms with E-state index in [1.165, 1.54) is 12.0 Å². The maximum atomic E-state index is 8.51. The van der Waals surface area contributed by atoms with Gasteiger partial charge >= 0.3 is 0 Å². The lowest BCUT2D eigenvalue weighted by Gasteiger charge is -2.14. The molecule has 0 spiro atoms. The molecule has 0 aliphatic carbocycles. The maximum absolute atomic E-state index is 8.51. The summed E-state index contributed by atoms with van der Waals surface area (Å²) in [6.07, 6.45) is 4.27. The molecule has 52 valence electrons. The standard InChI is InChI=1S/C7H13NO/c9-5-3-7-2-1-4-8-6-7/h3,8-9H,1-2,4-6H2/b7-3+. The average Bonchev–Trinajstić information content (AvgIpc) is 1.91. The monoisotopic (exact) mass is 127 g/mol. The predicted octanol–water partition coefficient (Wildman–Crippen LogP) is 0.289. The Bertz CT molecular complexity index is 101. The number of rotatable bonds is 1. The van der Waals surface area contributed by atoms with Crippen molar-refractivity contribution in [3.05, 3.63) is 11.6 Å². The molecular formula is C7H13NO. The first kappa shape index (κ1) is 6.78. The summed E-state index contributed by atoms with van der Waals surface area (Å²) >= 11 is 0. The molecule has 1 heterocycles. The number of piperidine rings is 1. The zero-order valence-electron chi connectivity index (χ0n) is 5.56. The van der Waals surface area contributed by atoms with Gasteiger partial charge in [-0.3, -0.25) is 0 Å². The topological polar surface area (TPSA) is 32.3 Å². The highest BCUT2D eigenvalue weighted by molar-refractivity contribution is 5.06. The van der Waals surface area contributed by atoms with Crippen LogP contribution in [-0.4, -0.2) is 24.8 Å². The van der Waals surface area contributed by atoms with Crippen molar-refractivity contribution in [2.24, 2.45) is 0 Å². The molecule has 0 aromatic heterocycles. The van der Waals surface area contributed by atoms with E-state index in [2.05, 4.69) is 5.32 Å². The van der Waals surface area contributed by atoms with Crippen molar-refractivity contribution in [2.45, 2.75) is 12.8 Å². The van der Waals surface area contributed by atoms with E-state index in [9.17, 15) is 0 Å². The molecule has 0 aromatic rings. The molecule has 1 aliphatic rings. The van der Waals surface area contributed by atoms with Crippen molar-refractivity contribution in [1.82, 2.24) is 5.32 Å². The van der Waals surface area contributed by atoms with Gasteiger partial charge in [0.1, 0.15) is 0 Å². The van der Waals surface area contributed by atoms with E-state index in [4.69, 9.17) is 5.11 Å². The summed E-state index contributed by atoms with van der Waals surface area (Å²) in [5, 5.41) is 11.8. The molecule has 1 rings (SSSR count). The van der Waals surface area contributed by atoms with Gasteiger partial charge in [0.2, 0.25) is 0 Å². The van der Waals surface area contributed by atoms with Crippen molar-refractivity contribution >= 4 is 0 Å². The highest BCUT2D eigenvalue weighted by atomic mass is 16.2. The van der Waals surface area contributed by atoms with Crippen LogP contribution in [0, 0.1) is 0 Å². The summed E-state index contributed by atoms with van der Waals surface area (Å²) in [7, 11) is 0. The Labute approximate surface area is 55.6 Å². The number of aliphatic hydroxyl groups is 1. The molecule has 2 nitrogen and oxygen atoms in total. The fourth-order valence-electron chi connectivity index (χ4n) is 1.08. The summed E-state index contributed by atoms with van der Waals surface area (Å²) in [4.78, 5) is 0. The number of hydrogen-bond acceptors (Lipinski definition) is 2. The van der Waals surface area contributed by atoms with Crippen molar-refractivity contribution < 1.29 is 5.11 Å². The molecular weight excluding hydrogens is 114 g/mol. The normalized spacial score (nSPS) is 24.8. The quantitative estimate of drug-likeness (QED) is 0.496. The molecule has 2 heteroatoms. The lowest BCUT2D eigenvalue weighted by atomic mass is 10.1. The van der Waals surface area contributed by atoms with E-state index in [0.29, 0.717) is 0 Å². The minimum Gasteiger partial charge on any atom is -0.392 e. The summed E-state index contributed by atoms with van der Waals surface area (Å²) in [6, 6.07) is 0. The highest BCUT2D eigenvalue weighted by Gasteiger charge is 2.01. The maximum Gasteiger partial charge on any atom is 0.0615 e. The number of nitrogens with one attached hydrogen (secondary N) is 1. The number of aliphatic hydroxyl groups excluding tert-OH is 1. The van der Waals surface area contributed by atoms with Gasteiger partial charge in [-0.15, -0.1) is 0 Å². The van der Waals surface area contributed by atoms with Crippen LogP contribution >= 0.6 is 0 Å². The van der Waals surface area contributed by atoms with Crippen LogP contribution in [0.5, 0.6) is 0 Å². The molecule has 0 unspecified atom stereocenters. The molecule has 1 fully saturated rings. The van der Waals surface area contributed by atoms with Gasteiger partial charge in [0.25, 0.3) is 0 Å². The summed E-state index contributed by atoms with van der Waals surface area (Å²) in [5.41, 5.74) is 1.35. The van der Waals surface area contributed by atoms with Crippen LogP contribution in [0.15, 0.2) is 11.6 Å². The first-order chi connectivity index (χ1) is 4.43. The lowest BCUT2D eigenvalue weighted by molar-refractivity contribution is 0.340. The van der Waals surface area contributed by atoms with Gasteiger partial charge in [0.15, 0.2) is 0 Å². The second kappa shape index (κ2) is 3.64. The third-order valence-electron chi connectivity index (χ3n) is 1.58. The largest absolute Gasteiger partial charge is 0.392 e. The van der Waals surface area contributed by atoms with Crippen LogP contribution in [0.2, 0.25) is 0 Å². The molecule has 0 atom stereocenters. The zero-order valence-corrected chi connectivity index (χ0v) is 5.56. The second-order valence-corrected chi connectivity index (χ2v) is 2.33. The third kappa shape index (κ3) is 2.16. The molecule has 0 aromatic carbocycles. The number of hydrogen-bond donors (Lipinski definition) is 2. The zero-order chi connectivity index (χ0) is 6.53. The summed E-state index contributed by atoms with van der Waals surface area (Å²) < 4.78 is 0. The Kier molecular flexibility index (Phi) is 2.74. The smallest absolute Gasteiger partial charge is 0.0615 e. The highest BCUT2D eigenvalue weighted by Crippen LogP contribution is 2.06. The van der Waals surface area contributed by atoms with E-state index < -0.39 is 0 Å². The van der Waals surface area contributed by atoms with Gasteiger partial charge in [-0.05, 0) is 19.4 Å². The summed E-state index contributed by atoms with van der Waals surface area (Å²) in [5.74, 6) is 0. The molecule has 0 radical (unpaired) electrons. The van der Waals surface area contributed by atoms with Crippen molar-refractivity contribution in [3.8, 4) is 0 Å². The van der Waals surface area contributed by atoms with Crippen molar-refractivity contribution in [2.75, 3.05) is 19.7 Å². The fraction of sp³-hybridized carbons (Fsp3) is 0.714. The Hall–Kier alpha value is -0.340. The van der Waals surface area contributed by atoms with Gasteiger partial charge in [0.05, 0.1) is 6.61 Å². The van der Waals surface area contributed by atoms with Crippen LogP contribution < -0.4 is 5.32 Å². The van der Waals surface area contributed by atoms with Crippen LogP contribution in [-0.2, 0) is 0 Å². The van der Waals surface area contributed by atoms with Crippen LogP contribution in [0.4, 0.5) is 0 Å². The summed E-state index contributed by atoms with van der Waals surface area (Å²) in [6.45, 7) is 2.29. The lowest BCUT2D eigenvalue weighted by Crippen LogP contribution is -2.23. The molecule has 0 saturated carbocycles.